The molecule has 0 spiro atoms. The summed E-state index contributed by atoms with van der Waals surface area (Å²) in [5.74, 6) is 0.135. The first kappa shape index (κ1) is 16.4. The van der Waals surface area contributed by atoms with Crippen LogP contribution in [0, 0.1) is 17.2 Å². The third kappa shape index (κ3) is 6.01. The van der Waals surface area contributed by atoms with Gasteiger partial charge in [-0.15, -0.1) is 0 Å². The molecule has 0 radical (unpaired) electrons. The van der Waals surface area contributed by atoms with E-state index in [1.165, 1.54) is 0 Å². The Kier molecular flexibility index (Phi) is 8.13. The topological polar surface area (TPSA) is 90.2 Å². The minimum Gasteiger partial charge on any atom is -0.396 e. The van der Waals surface area contributed by atoms with Crippen molar-refractivity contribution in [1.82, 2.24) is 4.72 Å². The first-order valence-corrected chi connectivity index (χ1v) is 7.55. The Morgan fingerprint density at radius 1 is 1.35 bits per heavy atom. The van der Waals surface area contributed by atoms with E-state index in [0.717, 1.165) is 12.8 Å². The second-order valence-electron chi connectivity index (χ2n) is 4.09. The largest absolute Gasteiger partial charge is 0.396 e. The molecule has 0 aromatic carbocycles. The summed E-state index contributed by atoms with van der Waals surface area (Å²) < 4.78 is 25.9. The molecular formula is C11H22N2O3S. The zero-order chi connectivity index (χ0) is 13.3. The fraction of sp³-hybridized carbons (Fsp3) is 0.909. The molecule has 0 aromatic rings. The van der Waals surface area contributed by atoms with Crippen molar-refractivity contribution < 1.29 is 13.5 Å². The van der Waals surface area contributed by atoms with Crippen molar-refractivity contribution in [3.63, 3.8) is 0 Å². The van der Waals surface area contributed by atoms with Crippen molar-refractivity contribution >= 4 is 10.0 Å². The van der Waals surface area contributed by atoms with Crippen LogP contribution in [0.1, 0.15) is 39.5 Å². The fourth-order valence-corrected chi connectivity index (χ4v) is 2.90. The minimum absolute atomic E-state index is 0.0574. The van der Waals surface area contributed by atoms with Crippen LogP contribution in [0.15, 0.2) is 0 Å². The number of nitrogens with one attached hydrogen (secondary N) is 1. The van der Waals surface area contributed by atoms with E-state index in [9.17, 15) is 8.42 Å². The number of aliphatic hydroxyl groups excluding tert-OH is 1. The van der Waals surface area contributed by atoms with Crippen LogP contribution in [0.5, 0.6) is 0 Å². The highest BCUT2D eigenvalue weighted by atomic mass is 32.2. The number of nitriles is 1. The summed E-state index contributed by atoms with van der Waals surface area (Å²) in [4.78, 5) is 0. The van der Waals surface area contributed by atoms with Gasteiger partial charge in [-0.2, -0.15) is 5.26 Å². The van der Waals surface area contributed by atoms with Gasteiger partial charge in [-0.1, -0.05) is 20.3 Å². The highest BCUT2D eigenvalue weighted by Crippen LogP contribution is 2.11. The van der Waals surface area contributed by atoms with Crippen molar-refractivity contribution in [2.24, 2.45) is 5.92 Å². The molecule has 2 unspecified atom stereocenters. The lowest BCUT2D eigenvalue weighted by Gasteiger charge is -2.17. The average Bonchev–Trinajstić information content (AvgIpc) is 2.28. The molecule has 0 amide bonds. The Hall–Kier alpha value is -0.640. The Balaban J connectivity index is 4.37. The van der Waals surface area contributed by atoms with Crippen LogP contribution in [-0.2, 0) is 10.0 Å². The second-order valence-corrected chi connectivity index (χ2v) is 6.03. The lowest BCUT2D eigenvalue weighted by atomic mass is 10.0. The molecule has 0 fully saturated rings. The van der Waals surface area contributed by atoms with E-state index < -0.39 is 15.3 Å². The quantitative estimate of drug-likeness (QED) is 0.649. The monoisotopic (exact) mass is 262 g/mol. The highest BCUT2D eigenvalue weighted by molar-refractivity contribution is 7.90. The smallest absolute Gasteiger partial charge is 0.227 e. The SMILES string of the molecule is CCCC(CCO)CNS(=O)(=O)C(C#N)CC. The third-order valence-electron chi connectivity index (χ3n) is 2.70. The van der Waals surface area contributed by atoms with Crippen LogP contribution in [0.4, 0.5) is 0 Å². The lowest BCUT2D eigenvalue weighted by molar-refractivity contribution is 0.251. The van der Waals surface area contributed by atoms with Crippen LogP contribution in [0.2, 0.25) is 0 Å². The zero-order valence-electron chi connectivity index (χ0n) is 10.5. The average molecular weight is 262 g/mol. The summed E-state index contributed by atoms with van der Waals surface area (Å²) in [6.45, 7) is 4.05. The molecule has 5 nitrogen and oxygen atoms in total. The predicted molar refractivity (Wildman–Crippen MR) is 66.7 cm³/mol. The Morgan fingerprint density at radius 3 is 2.41 bits per heavy atom. The van der Waals surface area contributed by atoms with E-state index in [1.54, 1.807) is 13.0 Å². The van der Waals surface area contributed by atoms with Gasteiger partial charge < -0.3 is 5.11 Å². The van der Waals surface area contributed by atoms with Gasteiger partial charge >= 0.3 is 0 Å². The van der Waals surface area contributed by atoms with E-state index in [1.807, 2.05) is 6.92 Å². The molecule has 6 heteroatoms. The molecule has 0 saturated carbocycles. The van der Waals surface area contributed by atoms with Gasteiger partial charge in [0.25, 0.3) is 0 Å². The zero-order valence-corrected chi connectivity index (χ0v) is 11.3. The standard InChI is InChI=1S/C11H22N2O3S/c1-3-5-10(6-7-14)9-13-17(15,16)11(4-2)8-12/h10-11,13-14H,3-7,9H2,1-2H3. The number of sulfonamides is 1. The summed E-state index contributed by atoms with van der Waals surface area (Å²) >= 11 is 0. The number of hydrogen-bond donors (Lipinski definition) is 2. The van der Waals surface area contributed by atoms with E-state index in [0.29, 0.717) is 13.0 Å². The molecule has 2 N–H and O–H groups in total. The van der Waals surface area contributed by atoms with Crippen LogP contribution < -0.4 is 4.72 Å². The number of hydrogen-bond acceptors (Lipinski definition) is 4. The third-order valence-corrected chi connectivity index (χ3v) is 4.45. The van der Waals surface area contributed by atoms with Crippen molar-refractivity contribution in [1.29, 1.82) is 5.26 Å². The van der Waals surface area contributed by atoms with Gasteiger partial charge in [-0.05, 0) is 25.2 Å². The first-order valence-electron chi connectivity index (χ1n) is 6.00. The van der Waals surface area contributed by atoms with Gasteiger partial charge in [0.05, 0.1) is 6.07 Å². The molecule has 0 aromatic heterocycles. The molecule has 0 aliphatic heterocycles. The number of aliphatic hydroxyl groups is 1. The minimum atomic E-state index is -3.55. The van der Waals surface area contributed by atoms with Crippen molar-refractivity contribution in [2.45, 2.75) is 44.8 Å². The molecular weight excluding hydrogens is 240 g/mol. The van der Waals surface area contributed by atoms with Gasteiger partial charge in [-0.25, -0.2) is 13.1 Å². The van der Waals surface area contributed by atoms with Crippen LogP contribution in [-0.4, -0.2) is 31.9 Å². The molecule has 0 bridgehead atoms. The summed E-state index contributed by atoms with van der Waals surface area (Å²) in [5.41, 5.74) is 0. The molecule has 0 heterocycles. The lowest BCUT2D eigenvalue weighted by Crippen LogP contribution is -2.36. The highest BCUT2D eigenvalue weighted by Gasteiger charge is 2.23. The van der Waals surface area contributed by atoms with Crippen LogP contribution in [0.3, 0.4) is 0 Å². The molecule has 0 saturated heterocycles. The predicted octanol–water partition coefficient (Wildman–Crippen LogP) is 1.01. The van der Waals surface area contributed by atoms with E-state index in [2.05, 4.69) is 4.72 Å². The maximum Gasteiger partial charge on any atom is 0.227 e. The van der Waals surface area contributed by atoms with Crippen molar-refractivity contribution in [3.05, 3.63) is 0 Å². The summed E-state index contributed by atoms with van der Waals surface area (Å²) in [7, 11) is -3.55. The van der Waals surface area contributed by atoms with Gasteiger partial charge in [0.15, 0.2) is 5.25 Å². The second kappa shape index (κ2) is 8.45. The van der Waals surface area contributed by atoms with Crippen molar-refractivity contribution in [3.8, 4) is 6.07 Å². The van der Waals surface area contributed by atoms with Gasteiger partial charge in [0, 0.05) is 13.2 Å². The molecule has 0 rings (SSSR count). The fourth-order valence-electron chi connectivity index (χ4n) is 1.65. The number of nitrogens with zero attached hydrogens (tertiary/aromatic N) is 1. The van der Waals surface area contributed by atoms with Crippen molar-refractivity contribution in [2.75, 3.05) is 13.2 Å². The van der Waals surface area contributed by atoms with Crippen LogP contribution >= 0.6 is 0 Å². The van der Waals surface area contributed by atoms with E-state index in [-0.39, 0.29) is 18.9 Å². The maximum absolute atomic E-state index is 11.7. The van der Waals surface area contributed by atoms with Gasteiger partial charge in [-0.3, -0.25) is 0 Å². The normalized spacial score (nSPS) is 15.2. The number of rotatable bonds is 9. The Bertz CT molecular complexity index is 329. The van der Waals surface area contributed by atoms with E-state index in [4.69, 9.17) is 10.4 Å². The Labute approximate surface area is 104 Å². The summed E-state index contributed by atoms with van der Waals surface area (Å²) in [6.07, 6.45) is 2.68. The molecule has 0 aliphatic carbocycles. The summed E-state index contributed by atoms with van der Waals surface area (Å²) in [5, 5.41) is 16.6. The molecule has 17 heavy (non-hydrogen) atoms. The molecule has 0 aliphatic rings. The first-order chi connectivity index (χ1) is 8.01. The van der Waals surface area contributed by atoms with Crippen LogP contribution in [0.25, 0.3) is 0 Å². The Morgan fingerprint density at radius 2 is 2.00 bits per heavy atom. The van der Waals surface area contributed by atoms with Gasteiger partial charge in [0.2, 0.25) is 10.0 Å². The molecule has 2 atom stereocenters. The van der Waals surface area contributed by atoms with Gasteiger partial charge in [0.1, 0.15) is 0 Å². The summed E-state index contributed by atoms with van der Waals surface area (Å²) in [6, 6.07) is 1.78. The molecule has 100 valence electrons. The maximum atomic E-state index is 11.7. The van der Waals surface area contributed by atoms with E-state index >= 15 is 0 Å².